The highest BCUT2D eigenvalue weighted by Crippen LogP contribution is 2.47. The second kappa shape index (κ2) is 8.81. The van der Waals surface area contributed by atoms with Crippen LogP contribution in [0, 0.1) is 30.5 Å². The van der Waals surface area contributed by atoms with Crippen LogP contribution in [0.15, 0.2) is 30.6 Å². The molecule has 0 spiro atoms. The van der Waals surface area contributed by atoms with Gasteiger partial charge < -0.3 is 15.0 Å². The lowest BCUT2D eigenvalue weighted by molar-refractivity contribution is -0.143. The normalized spacial score (nSPS) is 23.7. The molecule has 3 fully saturated rings. The zero-order chi connectivity index (χ0) is 24.9. The Labute approximate surface area is 203 Å². The molecule has 4 heterocycles. The van der Waals surface area contributed by atoms with Crippen molar-refractivity contribution in [2.24, 2.45) is 17.8 Å². The maximum atomic E-state index is 14.3. The molecule has 2 atom stereocenters. The molecule has 3 aliphatic rings. The van der Waals surface area contributed by atoms with E-state index in [0.29, 0.717) is 10.6 Å². The van der Waals surface area contributed by atoms with Crippen LogP contribution in [-0.4, -0.2) is 50.0 Å². The summed E-state index contributed by atoms with van der Waals surface area (Å²) in [7, 11) is 0. The predicted molar refractivity (Wildman–Crippen MR) is 120 cm³/mol. The van der Waals surface area contributed by atoms with E-state index in [0.717, 1.165) is 24.6 Å². The molecule has 2 bridgehead atoms. The highest BCUT2D eigenvalue weighted by atomic mass is 35.5. The maximum Gasteiger partial charge on any atom is 0.408 e. The van der Waals surface area contributed by atoms with Gasteiger partial charge in [-0.1, -0.05) is 24.6 Å². The van der Waals surface area contributed by atoms with Gasteiger partial charge in [0, 0.05) is 42.7 Å². The van der Waals surface area contributed by atoms with E-state index in [9.17, 15) is 17.6 Å². The molecule has 1 saturated carbocycles. The number of alkyl halides is 3. The van der Waals surface area contributed by atoms with Gasteiger partial charge >= 0.3 is 12.2 Å². The van der Waals surface area contributed by atoms with E-state index in [1.807, 2.05) is 13.0 Å². The molecule has 35 heavy (non-hydrogen) atoms. The molecular weight excluding hydrogens is 490 g/mol. The van der Waals surface area contributed by atoms with Gasteiger partial charge in [-0.15, -0.1) is 5.10 Å². The van der Waals surface area contributed by atoms with Crippen molar-refractivity contribution in [3.05, 3.63) is 47.1 Å². The Kier molecular flexibility index (Phi) is 5.94. The summed E-state index contributed by atoms with van der Waals surface area (Å²) in [5, 5.41) is 6.93. The Hall–Kier alpha value is -3.15. The van der Waals surface area contributed by atoms with Gasteiger partial charge in [0.1, 0.15) is 18.7 Å². The number of hydrogen-bond donors (Lipinski definition) is 1. The molecule has 1 aliphatic carbocycles. The summed E-state index contributed by atoms with van der Waals surface area (Å²) in [5.41, 5.74) is 0.875. The summed E-state index contributed by atoms with van der Waals surface area (Å²) in [6.45, 7) is 4.08. The number of aryl methyl sites for hydroxylation is 1. The fourth-order valence-corrected chi connectivity index (χ4v) is 5.01. The molecule has 6 rings (SSSR count). The lowest BCUT2D eigenvalue weighted by Gasteiger charge is -2.58. The van der Waals surface area contributed by atoms with Crippen molar-refractivity contribution in [1.82, 2.24) is 24.7 Å². The first-order valence-electron chi connectivity index (χ1n) is 11.0. The average Bonchev–Trinajstić information content (AvgIpc) is 3.16. The monoisotopic (exact) mass is 511 g/mol. The molecule has 13 heteroatoms. The molecule has 0 amide bonds. The largest absolute Gasteiger partial charge is 0.421 e. The van der Waals surface area contributed by atoms with Crippen LogP contribution in [0.3, 0.4) is 0 Å². The summed E-state index contributed by atoms with van der Waals surface area (Å²) in [6, 6.07) is 5.40. The van der Waals surface area contributed by atoms with Gasteiger partial charge in [-0.05, 0) is 25.0 Å². The van der Waals surface area contributed by atoms with Crippen molar-refractivity contribution >= 4 is 23.4 Å². The lowest BCUT2D eigenvalue weighted by atomic mass is 9.58. The summed E-state index contributed by atoms with van der Waals surface area (Å²) in [5.74, 6) is 0.453. The van der Waals surface area contributed by atoms with Gasteiger partial charge in [-0.3, -0.25) is 0 Å². The molecular formula is C22H22ClF4N7O. The van der Waals surface area contributed by atoms with Crippen molar-refractivity contribution in [3.8, 4) is 11.8 Å². The number of nitrogens with zero attached hydrogens (tertiary/aromatic N) is 6. The van der Waals surface area contributed by atoms with Gasteiger partial charge in [-0.25, -0.2) is 19.0 Å². The van der Waals surface area contributed by atoms with Crippen LogP contribution in [-0.2, 0) is 6.54 Å². The summed E-state index contributed by atoms with van der Waals surface area (Å²) in [4.78, 5) is 14.8. The zero-order valence-electron chi connectivity index (χ0n) is 18.8. The minimum absolute atomic E-state index is 0.00934. The first-order chi connectivity index (χ1) is 16.6. The maximum absolute atomic E-state index is 14.3. The second-order valence-electron chi connectivity index (χ2n) is 8.92. The highest BCUT2D eigenvalue weighted by Gasteiger charge is 2.53. The number of fused-ring (bicyclic) bond motifs is 2. The van der Waals surface area contributed by atoms with Crippen LogP contribution in [0.4, 0.5) is 29.3 Å². The van der Waals surface area contributed by atoms with E-state index in [1.54, 1.807) is 0 Å². The smallest absolute Gasteiger partial charge is 0.408 e. The minimum Gasteiger partial charge on any atom is -0.421 e. The van der Waals surface area contributed by atoms with E-state index < -0.39 is 24.5 Å². The van der Waals surface area contributed by atoms with Crippen molar-refractivity contribution in [2.75, 3.05) is 23.3 Å². The predicted octanol–water partition coefficient (Wildman–Crippen LogP) is 4.71. The summed E-state index contributed by atoms with van der Waals surface area (Å²) < 4.78 is 59.6. The fourth-order valence-electron chi connectivity index (χ4n) is 4.85. The minimum atomic E-state index is -4.58. The topological polar surface area (TPSA) is 81.0 Å². The zero-order valence-corrected chi connectivity index (χ0v) is 19.6. The summed E-state index contributed by atoms with van der Waals surface area (Å²) in [6.07, 6.45) is -3.04. The van der Waals surface area contributed by atoms with Crippen LogP contribution in [0.2, 0.25) is 5.02 Å². The number of anilines is 2. The van der Waals surface area contributed by atoms with Crippen LogP contribution >= 0.6 is 11.6 Å². The molecule has 2 aromatic heterocycles. The standard InChI is InChI=1S/C22H22ClF4N7O/c1-11-6-17(29-10-28-11)33-7-13-12(2)14(8-33)19(13)30-20-31-21(34(32-20)9-22(25,26)27)35-16-5-3-4-15(23)18(16)24/h3-6,10,12-14,19H,7-9H2,1-2H3,(H,30,32). The SMILES string of the molecule is Cc1cc(N2CC3C(C)C(C2)C3Nc2nc(Oc3cccc(Cl)c3F)n(CC(F)(F)F)n2)ncn1. The Morgan fingerprint density at radius 2 is 1.94 bits per heavy atom. The van der Waals surface area contributed by atoms with Gasteiger partial charge in [0.25, 0.3) is 0 Å². The number of aromatic nitrogens is 5. The molecule has 2 saturated heterocycles. The molecule has 1 aromatic carbocycles. The Morgan fingerprint density at radius 3 is 2.63 bits per heavy atom. The molecule has 2 aliphatic heterocycles. The second-order valence-corrected chi connectivity index (χ2v) is 9.33. The fraction of sp³-hybridized carbons (Fsp3) is 0.455. The first kappa shape index (κ1) is 23.6. The summed E-state index contributed by atoms with van der Waals surface area (Å²) >= 11 is 5.76. The van der Waals surface area contributed by atoms with Gasteiger partial charge in [0.15, 0.2) is 11.6 Å². The number of rotatable bonds is 6. The molecule has 1 N–H and O–H groups in total. The third kappa shape index (κ3) is 4.71. The van der Waals surface area contributed by atoms with E-state index >= 15 is 0 Å². The number of ether oxygens (including phenoxy) is 1. The van der Waals surface area contributed by atoms with E-state index in [2.05, 4.69) is 37.2 Å². The van der Waals surface area contributed by atoms with Crippen LogP contribution in [0.1, 0.15) is 12.6 Å². The number of nitrogens with one attached hydrogen (secondary N) is 1. The molecule has 3 aromatic rings. The Balaban J connectivity index is 1.35. The lowest BCUT2D eigenvalue weighted by Crippen LogP contribution is -2.66. The van der Waals surface area contributed by atoms with Gasteiger partial charge in [0.05, 0.1) is 5.02 Å². The quantitative estimate of drug-likeness (QED) is 0.480. The van der Waals surface area contributed by atoms with Crippen LogP contribution in [0.5, 0.6) is 11.8 Å². The van der Waals surface area contributed by atoms with Crippen molar-refractivity contribution in [1.29, 1.82) is 0 Å². The molecule has 8 nitrogen and oxygen atoms in total. The molecule has 0 radical (unpaired) electrons. The first-order valence-corrected chi connectivity index (χ1v) is 11.4. The number of piperidine rings is 2. The number of halogens is 5. The van der Waals surface area contributed by atoms with Crippen LogP contribution < -0.4 is 15.0 Å². The molecule has 2 unspecified atom stereocenters. The van der Waals surface area contributed by atoms with Gasteiger partial charge in [0.2, 0.25) is 5.95 Å². The van der Waals surface area contributed by atoms with Crippen molar-refractivity contribution < 1.29 is 22.3 Å². The number of hydrogen-bond acceptors (Lipinski definition) is 7. The number of benzene rings is 1. The van der Waals surface area contributed by atoms with Crippen molar-refractivity contribution in [3.63, 3.8) is 0 Å². The Bertz CT molecular complexity index is 1220. The van der Waals surface area contributed by atoms with Gasteiger partial charge in [-0.2, -0.15) is 18.2 Å². The van der Waals surface area contributed by atoms with E-state index in [4.69, 9.17) is 16.3 Å². The van der Waals surface area contributed by atoms with Crippen molar-refractivity contribution in [2.45, 2.75) is 32.6 Å². The third-order valence-corrected chi connectivity index (χ3v) is 6.92. The Morgan fingerprint density at radius 1 is 1.20 bits per heavy atom. The highest BCUT2D eigenvalue weighted by molar-refractivity contribution is 6.30. The average molecular weight is 512 g/mol. The van der Waals surface area contributed by atoms with E-state index in [-0.39, 0.29) is 34.6 Å². The third-order valence-electron chi connectivity index (χ3n) is 6.63. The van der Waals surface area contributed by atoms with E-state index in [1.165, 1.54) is 24.5 Å². The van der Waals surface area contributed by atoms with Crippen LogP contribution in [0.25, 0.3) is 0 Å². The molecule has 186 valence electrons.